The first kappa shape index (κ1) is 18.0. The number of carbonyl (C=O) groups is 2. The Morgan fingerprint density at radius 1 is 1.15 bits per heavy atom. The Hall–Kier alpha value is -2.82. The summed E-state index contributed by atoms with van der Waals surface area (Å²) >= 11 is 0. The van der Waals surface area contributed by atoms with E-state index in [1.165, 1.54) is 0 Å². The minimum Gasteiger partial charge on any atom is -0.492 e. The van der Waals surface area contributed by atoms with E-state index in [2.05, 4.69) is 5.32 Å². The first-order chi connectivity index (χ1) is 12.5. The second-order valence-corrected chi connectivity index (χ2v) is 6.70. The van der Waals surface area contributed by atoms with Crippen LogP contribution in [0.2, 0.25) is 0 Å². The first-order valence-corrected chi connectivity index (χ1v) is 8.87. The van der Waals surface area contributed by atoms with Crippen molar-refractivity contribution < 1.29 is 14.3 Å². The van der Waals surface area contributed by atoms with Crippen LogP contribution in [-0.2, 0) is 9.59 Å². The van der Waals surface area contributed by atoms with Gasteiger partial charge in [-0.3, -0.25) is 9.59 Å². The monoisotopic (exact) mass is 352 g/mol. The summed E-state index contributed by atoms with van der Waals surface area (Å²) in [6.45, 7) is 5.25. The summed E-state index contributed by atoms with van der Waals surface area (Å²) in [5.41, 5.74) is 3.12. The van der Waals surface area contributed by atoms with Crippen molar-refractivity contribution in [2.75, 3.05) is 24.6 Å². The summed E-state index contributed by atoms with van der Waals surface area (Å²) in [4.78, 5) is 26.3. The van der Waals surface area contributed by atoms with Crippen molar-refractivity contribution in [2.24, 2.45) is 5.92 Å². The molecule has 26 heavy (non-hydrogen) atoms. The molecule has 0 unspecified atom stereocenters. The predicted octanol–water partition coefficient (Wildman–Crippen LogP) is 2.85. The van der Waals surface area contributed by atoms with Gasteiger partial charge in [0.05, 0.1) is 12.5 Å². The molecule has 5 nitrogen and oxygen atoms in total. The van der Waals surface area contributed by atoms with Crippen LogP contribution >= 0.6 is 0 Å². The minimum atomic E-state index is -0.317. The number of hydrogen-bond donors (Lipinski definition) is 1. The largest absolute Gasteiger partial charge is 0.492 e. The molecule has 136 valence electrons. The zero-order valence-corrected chi connectivity index (χ0v) is 15.2. The maximum absolute atomic E-state index is 12.3. The lowest BCUT2D eigenvalue weighted by Crippen LogP contribution is -2.35. The van der Waals surface area contributed by atoms with E-state index in [4.69, 9.17) is 4.74 Å². The molecular weight excluding hydrogens is 328 g/mol. The third-order valence-corrected chi connectivity index (χ3v) is 4.50. The molecule has 5 heteroatoms. The second kappa shape index (κ2) is 8.04. The molecule has 0 bridgehead atoms. The lowest BCUT2D eigenvalue weighted by molar-refractivity contribution is -0.126. The SMILES string of the molecule is Cc1ccc(N2C[C@H](C(=O)NCCOc3cccc(C)c3)CC2=O)cc1. The van der Waals surface area contributed by atoms with Gasteiger partial charge in [-0.1, -0.05) is 29.8 Å². The molecule has 1 aliphatic heterocycles. The molecule has 0 radical (unpaired) electrons. The highest BCUT2D eigenvalue weighted by Gasteiger charge is 2.34. The molecule has 0 aliphatic carbocycles. The highest BCUT2D eigenvalue weighted by molar-refractivity contribution is 6.00. The highest BCUT2D eigenvalue weighted by atomic mass is 16.5. The fourth-order valence-electron chi connectivity index (χ4n) is 3.05. The van der Waals surface area contributed by atoms with Crippen molar-refractivity contribution in [3.05, 3.63) is 59.7 Å². The Morgan fingerprint density at radius 2 is 1.92 bits per heavy atom. The van der Waals surface area contributed by atoms with Gasteiger partial charge in [-0.05, 0) is 43.7 Å². The fourth-order valence-corrected chi connectivity index (χ4v) is 3.05. The van der Waals surface area contributed by atoms with Crippen LogP contribution in [0.15, 0.2) is 48.5 Å². The van der Waals surface area contributed by atoms with Crippen molar-refractivity contribution in [3.8, 4) is 5.75 Å². The summed E-state index contributed by atoms with van der Waals surface area (Å²) in [6, 6.07) is 15.6. The average Bonchev–Trinajstić information content (AvgIpc) is 3.01. The van der Waals surface area contributed by atoms with Gasteiger partial charge in [0.2, 0.25) is 11.8 Å². The summed E-state index contributed by atoms with van der Waals surface area (Å²) in [7, 11) is 0. The Labute approximate surface area is 154 Å². The Kier molecular flexibility index (Phi) is 5.56. The molecule has 0 aromatic heterocycles. The molecule has 1 fully saturated rings. The van der Waals surface area contributed by atoms with Crippen LogP contribution < -0.4 is 15.0 Å². The number of nitrogens with one attached hydrogen (secondary N) is 1. The van der Waals surface area contributed by atoms with Crippen LogP contribution in [0.3, 0.4) is 0 Å². The van der Waals surface area contributed by atoms with Crippen LogP contribution in [0.5, 0.6) is 5.75 Å². The Balaban J connectivity index is 1.46. The van der Waals surface area contributed by atoms with Crippen LogP contribution in [0.25, 0.3) is 0 Å². The van der Waals surface area contributed by atoms with E-state index in [1.54, 1.807) is 4.90 Å². The lowest BCUT2D eigenvalue weighted by atomic mass is 10.1. The number of ether oxygens (including phenoxy) is 1. The van der Waals surface area contributed by atoms with E-state index in [-0.39, 0.29) is 24.2 Å². The summed E-state index contributed by atoms with van der Waals surface area (Å²) in [5.74, 6) is 0.370. The fraction of sp³-hybridized carbons (Fsp3) is 0.333. The van der Waals surface area contributed by atoms with E-state index in [1.807, 2.05) is 62.4 Å². The number of aryl methyl sites for hydroxylation is 2. The van der Waals surface area contributed by atoms with Gasteiger partial charge in [-0.2, -0.15) is 0 Å². The van der Waals surface area contributed by atoms with Gasteiger partial charge in [0.15, 0.2) is 0 Å². The smallest absolute Gasteiger partial charge is 0.227 e. The average molecular weight is 352 g/mol. The van der Waals surface area contributed by atoms with Gasteiger partial charge in [0, 0.05) is 18.7 Å². The van der Waals surface area contributed by atoms with Gasteiger partial charge in [-0.15, -0.1) is 0 Å². The molecule has 1 aliphatic rings. The van der Waals surface area contributed by atoms with Crippen molar-refractivity contribution in [1.29, 1.82) is 0 Å². The van der Waals surface area contributed by atoms with Gasteiger partial charge in [-0.25, -0.2) is 0 Å². The number of hydrogen-bond acceptors (Lipinski definition) is 3. The number of rotatable bonds is 6. The third kappa shape index (κ3) is 4.42. The van der Waals surface area contributed by atoms with E-state index in [0.717, 1.165) is 22.6 Å². The summed E-state index contributed by atoms with van der Waals surface area (Å²) in [6.07, 6.45) is 0.248. The number of carbonyl (C=O) groups excluding carboxylic acids is 2. The number of nitrogens with zero attached hydrogens (tertiary/aromatic N) is 1. The van der Waals surface area contributed by atoms with Crippen LogP contribution in [-0.4, -0.2) is 31.5 Å². The topological polar surface area (TPSA) is 58.6 Å². The maximum atomic E-state index is 12.3. The molecular formula is C21H24N2O3. The maximum Gasteiger partial charge on any atom is 0.227 e. The summed E-state index contributed by atoms with van der Waals surface area (Å²) in [5, 5.41) is 2.87. The zero-order chi connectivity index (χ0) is 18.5. The molecule has 3 rings (SSSR count). The van der Waals surface area contributed by atoms with Crippen LogP contribution in [0, 0.1) is 19.8 Å². The number of benzene rings is 2. The normalized spacial score (nSPS) is 16.6. The molecule has 1 heterocycles. The van der Waals surface area contributed by atoms with Crippen molar-refractivity contribution in [3.63, 3.8) is 0 Å². The van der Waals surface area contributed by atoms with E-state index < -0.39 is 0 Å². The van der Waals surface area contributed by atoms with Gasteiger partial charge >= 0.3 is 0 Å². The lowest BCUT2D eigenvalue weighted by Gasteiger charge is -2.17. The molecule has 2 aromatic rings. The molecule has 1 atom stereocenters. The number of anilines is 1. The van der Waals surface area contributed by atoms with E-state index in [9.17, 15) is 9.59 Å². The third-order valence-electron chi connectivity index (χ3n) is 4.50. The van der Waals surface area contributed by atoms with E-state index in [0.29, 0.717) is 19.7 Å². The number of amides is 2. The molecule has 2 amide bonds. The first-order valence-electron chi connectivity index (χ1n) is 8.87. The molecule has 1 N–H and O–H groups in total. The van der Waals surface area contributed by atoms with Gasteiger partial charge in [0.25, 0.3) is 0 Å². The van der Waals surface area contributed by atoms with Crippen molar-refractivity contribution >= 4 is 17.5 Å². The molecule has 2 aromatic carbocycles. The molecule has 0 spiro atoms. The quantitative estimate of drug-likeness (QED) is 0.814. The zero-order valence-electron chi connectivity index (χ0n) is 15.2. The molecule has 0 saturated carbocycles. The minimum absolute atomic E-state index is 0.00925. The Bertz CT molecular complexity index is 786. The van der Waals surface area contributed by atoms with E-state index >= 15 is 0 Å². The van der Waals surface area contributed by atoms with Crippen molar-refractivity contribution in [2.45, 2.75) is 20.3 Å². The van der Waals surface area contributed by atoms with Crippen molar-refractivity contribution in [1.82, 2.24) is 5.32 Å². The Morgan fingerprint density at radius 3 is 2.65 bits per heavy atom. The second-order valence-electron chi connectivity index (χ2n) is 6.70. The van der Waals surface area contributed by atoms with Crippen LogP contribution in [0.4, 0.5) is 5.69 Å². The van der Waals surface area contributed by atoms with Gasteiger partial charge in [0.1, 0.15) is 12.4 Å². The highest BCUT2D eigenvalue weighted by Crippen LogP contribution is 2.25. The predicted molar refractivity (Wildman–Crippen MR) is 101 cm³/mol. The standard InChI is InChI=1S/C21H24N2O3/c1-15-6-8-18(9-7-15)23-14-17(13-20(23)24)21(25)22-10-11-26-19-5-3-4-16(2)12-19/h3-9,12,17H,10-11,13-14H2,1-2H3,(H,22,25)/t17-/m1/s1. The van der Waals surface area contributed by atoms with Crippen LogP contribution in [0.1, 0.15) is 17.5 Å². The van der Waals surface area contributed by atoms with Gasteiger partial charge < -0.3 is 15.0 Å². The summed E-state index contributed by atoms with van der Waals surface area (Å²) < 4.78 is 5.63. The molecule has 1 saturated heterocycles.